The standard InChI is InChI=1S/C45H27N3O/c1-3-11-28(12-4-1)33-24-34(29-13-5-2-6-14-29)26-35(25-33)44-46-43-32-16-9-15-30(23-32)36-17-7-8-18-37(36)31-21-22-40-39(27-31)42-38(45(47-43)48-44)19-10-20-41(42)49-40/h1-27H. The van der Waals surface area contributed by atoms with Crippen LogP contribution in [-0.4, -0.2) is 15.0 Å². The number of furan rings is 1. The van der Waals surface area contributed by atoms with Crippen LogP contribution in [0.25, 0.3) is 99.2 Å². The van der Waals surface area contributed by atoms with Crippen molar-refractivity contribution in [3.63, 3.8) is 0 Å². The maximum atomic E-state index is 6.42. The molecule has 0 spiro atoms. The first-order valence-corrected chi connectivity index (χ1v) is 16.4. The number of hydrogen-bond acceptors (Lipinski definition) is 4. The Hall–Kier alpha value is -6.65. The molecule has 7 aromatic carbocycles. The molecule has 0 aliphatic rings. The van der Waals surface area contributed by atoms with Crippen molar-refractivity contribution in [2.75, 3.05) is 0 Å². The van der Waals surface area contributed by atoms with Crippen molar-refractivity contribution in [2.24, 2.45) is 0 Å². The van der Waals surface area contributed by atoms with E-state index in [-0.39, 0.29) is 0 Å². The summed E-state index contributed by atoms with van der Waals surface area (Å²) in [6.07, 6.45) is 0. The van der Waals surface area contributed by atoms with Crippen molar-refractivity contribution in [3.05, 3.63) is 164 Å². The van der Waals surface area contributed by atoms with Gasteiger partial charge >= 0.3 is 0 Å². The second kappa shape index (κ2) is 11.0. The Labute approximate surface area is 281 Å². The Morgan fingerprint density at radius 3 is 1.65 bits per heavy atom. The minimum Gasteiger partial charge on any atom is -0.456 e. The highest BCUT2D eigenvalue weighted by molar-refractivity contribution is 6.19. The number of aromatic nitrogens is 3. The third-order valence-electron chi connectivity index (χ3n) is 9.45. The Kier molecular flexibility index (Phi) is 6.15. The van der Waals surface area contributed by atoms with E-state index in [1.807, 2.05) is 24.3 Å². The van der Waals surface area contributed by atoms with Gasteiger partial charge in [0.1, 0.15) is 11.2 Å². The summed E-state index contributed by atoms with van der Waals surface area (Å²) in [4.78, 5) is 15.6. The lowest BCUT2D eigenvalue weighted by molar-refractivity contribution is 0.669. The van der Waals surface area contributed by atoms with E-state index in [2.05, 4.69) is 140 Å². The van der Waals surface area contributed by atoms with Gasteiger partial charge in [0.2, 0.25) is 0 Å². The Morgan fingerprint density at radius 2 is 0.918 bits per heavy atom. The van der Waals surface area contributed by atoms with Crippen LogP contribution < -0.4 is 0 Å². The quantitative estimate of drug-likeness (QED) is 0.196. The molecule has 49 heavy (non-hydrogen) atoms. The van der Waals surface area contributed by atoms with Gasteiger partial charge in [-0.1, -0.05) is 121 Å². The summed E-state index contributed by atoms with van der Waals surface area (Å²) >= 11 is 0. The van der Waals surface area contributed by atoms with E-state index >= 15 is 0 Å². The van der Waals surface area contributed by atoms with E-state index in [9.17, 15) is 0 Å². The predicted octanol–water partition coefficient (Wildman–Crippen LogP) is 11.9. The van der Waals surface area contributed by atoms with Crippen molar-refractivity contribution in [1.82, 2.24) is 15.0 Å². The van der Waals surface area contributed by atoms with E-state index in [0.717, 1.165) is 82.1 Å². The largest absolute Gasteiger partial charge is 0.456 e. The molecule has 0 N–H and O–H groups in total. The summed E-state index contributed by atoms with van der Waals surface area (Å²) in [5, 5.41) is 8.39. The topological polar surface area (TPSA) is 51.8 Å². The molecule has 0 saturated heterocycles. The molecule has 0 atom stereocenters. The fourth-order valence-electron chi connectivity index (χ4n) is 7.10. The fourth-order valence-corrected chi connectivity index (χ4v) is 7.10. The zero-order valence-electron chi connectivity index (χ0n) is 26.3. The first kappa shape index (κ1) is 27.5. The van der Waals surface area contributed by atoms with Crippen LogP contribution in [0.3, 0.4) is 0 Å². The molecule has 0 fully saturated rings. The molecule has 228 valence electrons. The third kappa shape index (κ3) is 4.65. The number of rotatable bonds is 3. The van der Waals surface area contributed by atoms with Crippen molar-refractivity contribution >= 4 is 65.6 Å². The number of fused-ring (bicyclic) bond motifs is 10. The van der Waals surface area contributed by atoms with Gasteiger partial charge in [-0.05, 0) is 86.3 Å². The van der Waals surface area contributed by atoms with Crippen molar-refractivity contribution in [3.8, 4) is 33.6 Å². The minimum absolute atomic E-state index is 0.604. The summed E-state index contributed by atoms with van der Waals surface area (Å²) in [6, 6.07) is 57.2. The number of benzene rings is 7. The smallest absolute Gasteiger partial charge is 0.164 e. The SMILES string of the molecule is c1ccc(-c2cc(-c3ccccc3)cc(-c3nc4nc(n3)c3cccc5oc6ccc(cc6c53)c3ccccc3c3cccc4c3)c2)cc1. The summed E-state index contributed by atoms with van der Waals surface area (Å²) in [5.74, 6) is 0.612. The van der Waals surface area contributed by atoms with Gasteiger partial charge in [0.25, 0.3) is 0 Å². The van der Waals surface area contributed by atoms with Gasteiger partial charge in [0.15, 0.2) is 17.1 Å². The van der Waals surface area contributed by atoms with Crippen LogP contribution in [0.1, 0.15) is 0 Å². The van der Waals surface area contributed by atoms with Gasteiger partial charge < -0.3 is 4.42 Å². The second-order valence-corrected chi connectivity index (χ2v) is 12.5. The van der Waals surface area contributed by atoms with E-state index in [4.69, 9.17) is 19.4 Å². The van der Waals surface area contributed by atoms with Crippen LogP contribution in [0.15, 0.2) is 168 Å². The molecule has 0 aliphatic heterocycles. The maximum Gasteiger partial charge on any atom is 0.164 e. The third-order valence-corrected chi connectivity index (χ3v) is 9.45. The zero-order valence-corrected chi connectivity index (χ0v) is 26.3. The zero-order chi connectivity index (χ0) is 32.3. The Balaban J connectivity index is 1.38. The molecular weight excluding hydrogens is 599 g/mol. The first-order chi connectivity index (χ1) is 24.2. The van der Waals surface area contributed by atoms with E-state index in [1.54, 1.807) is 0 Å². The van der Waals surface area contributed by atoms with Gasteiger partial charge in [0.05, 0.1) is 0 Å². The van der Waals surface area contributed by atoms with Gasteiger partial charge in [-0.2, -0.15) is 0 Å². The van der Waals surface area contributed by atoms with Gasteiger partial charge in [-0.3, -0.25) is 0 Å². The van der Waals surface area contributed by atoms with E-state index in [1.165, 1.54) is 0 Å². The molecular formula is C45H27N3O. The average Bonchev–Trinajstić information content (AvgIpc) is 3.56. The van der Waals surface area contributed by atoms with Gasteiger partial charge in [-0.25, -0.2) is 15.0 Å². The molecule has 0 saturated carbocycles. The van der Waals surface area contributed by atoms with Gasteiger partial charge in [0, 0.05) is 27.1 Å². The first-order valence-electron chi connectivity index (χ1n) is 16.4. The summed E-state index contributed by atoms with van der Waals surface area (Å²) < 4.78 is 6.42. The summed E-state index contributed by atoms with van der Waals surface area (Å²) in [5.41, 5.74) is 8.23. The fraction of sp³-hybridized carbons (Fsp3) is 0. The van der Waals surface area contributed by atoms with Crippen molar-refractivity contribution in [1.29, 1.82) is 0 Å². The van der Waals surface area contributed by atoms with Crippen LogP contribution in [0.4, 0.5) is 0 Å². The normalized spacial score (nSPS) is 11.7. The Bertz CT molecular complexity index is 2870. The highest BCUT2D eigenvalue weighted by atomic mass is 16.3. The van der Waals surface area contributed by atoms with Crippen LogP contribution in [0, 0.1) is 0 Å². The molecule has 10 rings (SSSR count). The predicted molar refractivity (Wildman–Crippen MR) is 202 cm³/mol. The average molecular weight is 626 g/mol. The van der Waals surface area contributed by atoms with Crippen molar-refractivity contribution < 1.29 is 4.42 Å². The molecule has 0 radical (unpaired) electrons. The molecule has 0 unspecified atom stereocenters. The number of hydrogen-bond donors (Lipinski definition) is 0. The van der Waals surface area contributed by atoms with E-state index < -0.39 is 0 Å². The lowest BCUT2D eigenvalue weighted by Gasteiger charge is -2.11. The highest BCUT2D eigenvalue weighted by Crippen LogP contribution is 2.37. The molecule has 0 aliphatic carbocycles. The van der Waals surface area contributed by atoms with Crippen LogP contribution >= 0.6 is 0 Å². The minimum atomic E-state index is 0.604. The second-order valence-electron chi connectivity index (χ2n) is 12.5. The molecule has 4 nitrogen and oxygen atoms in total. The van der Waals surface area contributed by atoms with Crippen LogP contribution in [0.2, 0.25) is 0 Å². The lowest BCUT2D eigenvalue weighted by atomic mass is 9.96. The maximum absolute atomic E-state index is 6.42. The lowest BCUT2D eigenvalue weighted by Crippen LogP contribution is -1.95. The van der Waals surface area contributed by atoms with Crippen molar-refractivity contribution in [2.45, 2.75) is 0 Å². The van der Waals surface area contributed by atoms with Crippen LogP contribution in [0.5, 0.6) is 0 Å². The van der Waals surface area contributed by atoms with Gasteiger partial charge in [-0.15, -0.1) is 0 Å². The molecule has 3 heterocycles. The summed E-state index contributed by atoms with van der Waals surface area (Å²) in [6.45, 7) is 0. The molecule has 0 amide bonds. The highest BCUT2D eigenvalue weighted by Gasteiger charge is 2.15. The molecule has 6 bridgehead atoms. The monoisotopic (exact) mass is 625 g/mol. The van der Waals surface area contributed by atoms with E-state index in [0.29, 0.717) is 17.1 Å². The van der Waals surface area contributed by atoms with Crippen LogP contribution in [-0.2, 0) is 0 Å². The molecule has 4 heteroatoms. The summed E-state index contributed by atoms with van der Waals surface area (Å²) in [7, 11) is 0. The molecule has 10 aromatic rings. The molecule has 3 aromatic heterocycles. The Morgan fingerprint density at radius 1 is 0.327 bits per heavy atom. The number of nitrogens with zero attached hydrogens (tertiary/aromatic N) is 3.